The summed E-state index contributed by atoms with van der Waals surface area (Å²) >= 11 is 0. The van der Waals surface area contributed by atoms with Crippen molar-refractivity contribution < 1.29 is 14.6 Å². The molecule has 0 aromatic heterocycles. The van der Waals surface area contributed by atoms with Gasteiger partial charge in [0.1, 0.15) is 5.75 Å². The molecular formula is C24H37Cl2N3O3. The molecule has 4 aliphatic heterocycles. The lowest BCUT2D eigenvalue weighted by Gasteiger charge is -2.57. The minimum atomic E-state index is -0.391. The lowest BCUT2D eigenvalue weighted by molar-refractivity contribution is -0.142. The van der Waals surface area contributed by atoms with Gasteiger partial charge >= 0.3 is 0 Å². The number of aliphatic hydroxyl groups excluding tert-OH is 1. The molecule has 4 saturated heterocycles. The molecule has 0 saturated carbocycles. The van der Waals surface area contributed by atoms with Crippen LogP contribution in [0, 0.1) is 11.8 Å². The topological polar surface area (TPSA) is 65.0 Å². The van der Waals surface area contributed by atoms with Crippen LogP contribution in [0.4, 0.5) is 0 Å². The van der Waals surface area contributed by atoms with Crippen molar-refractivity contribution in [1.82, 2.24) is 15.1 Å². The van der Waals surface area contributed by atoms with Crippen molar-refractivity contribution in [2.45, 2.75) is 62.8 Å². The summed E-state index contributed by atoms with van der Waals surface area (Å²) in [7, 11) is 1.73. The Labute approximate surface area is 203 Å². The molecule has 6 nitrogen and oxygen atoms in total. The largest absolute Gasteiger partial charge is 0.497 e. The van der Waals surface area contributed by atoms with E-state index >= 15 is 0 Å². The molecule has 0 unspecified atom stereocenters. The Hall–Kier alpha value is -1.05. The molecule has 8 heteroatoms. The quantitative estimate of drug-likeness (QED) is 0.685. The summed E-state index contributed by atoms with van der Waals surface area (Å²) in [4.78, 5) is 18.1. The van der Waals surface area contributed by atoms with Crippen LogP contribution in [0.15, 0.2) is 24.3 Å². The van der Waals surface area contributed by atoms with E-state index in [4.69, 9.17) is 4.74 Å². The van der Waals surface area contributed by atoms with Gasteiger partial charge in [-0.15, -0.1) is 24.8 Å². The predicted octanol–water partition coefficient (Wildman–Crippen LogP) is 2.51. The Balaban J connectivity index is 0.00000144. The second-order valence-electron chi connectivity index (χ2n) is 9.77. The molecule has 4 aliphatic rings. The van der Waals surface area contributed by atoms with Crippen LogP contribution in [0.5, 0.6) is 5.75 Å². The number of fused-ring (bicyclic) bond motifs is 4. The van der Waals surface area contributed by atoms with Crippen LogP contribution in [-0.2, 0) is 11.2 Å². The number of benzene rings is 1. The molecule has 1 aromatic rings. The maximum absolute atomic E-state index is 13.2. The third-order valence-electron chi connectivity index (χ3n) is 7.92. The number of β-amino-alcohol motifs (C(OH)–C–C–N with tert-alkyl or cyclic N) is 1. The zero-order chi connectivity index (χ0) is 20.7. The summed E-state index contributed by atoms with van der Waals surface area (Å²) in [6, 6.07) is 9.34. The molecule has 1 amide bonds. The zero-order valence-corrected chi connectivity index (χ0v) is 20.5. The fourth-order valence-electron chi connectivity index (χ4n) is 6.54. The number of hydrogen-bond acceptors (Lipinski definition) is 5. The van der Waals surface area contributed by atoms with Crippen molar-refractivity contribution in [2.24, 2.45) is 11.8 Å². The van der Waals surface area contributed by atoms with Gasteiger partial charge in [-0.2, -0.15) is 0 Å². The molecule has 0 aliphatic carbocycles. The van der Waals surface area contributed by atoms with Gasteiger partial charge in [0.25, 0.3) is 0 Å². The second kappa shape index (κ2) is 10.9. The van der Waals surface area contributed by atoms with Crippen LogP contribution in [0.1, 0.15) is 37.7 Å². The lowest BCUT2D eigenvalue weighted by atomic mass is 9.71. The Morgan fingerprint density at radius 1 is 1.19 bits per heavy atom. The molecule has 180 valence electrons. The van der Waals surface area contributed by atoms with Crippen molar-refractivity contribution in [3.63, 3.8) is 0 Å². The number of amides is 1. The van der Waals surface area contributed by atoms with Gasteiger partial charge in [-0.1, -0.05) is 18.6 Å². The highest BCUT2D eigenvalue weighted by molar-refractivity contribution is 5.85. The average molecular weight is 486 g/mol. The van der Waals surface area contributed by atoms with E-state index in [1.165, 1.54) is 37.8 Å². The standard InChI is InChI=1S/C24H35N3O3.2ClH/c1-30-20-6-4-5-16(9-20)10-23-18-11-17(22-7-2-3-8-27(22)23)14-26(15-18)24(29)21-12-19(28)13-25-21;;/h4-6,9,17-19,21-23,25,28H,2-3,7-8,10-15H2,1H3;2*1H/t17-,18+,19-,21-,22+,23+;;/m1../s1. The molecule has 5 rings (SSSR count). The highest BCUT2D eigenvalue weighted by Crippen LogP contribution is 2.42. The molecule has 0 spiro atoms. The zero-order valence-electron chi connectivity index (χ0n) is 18.8. The lowest BCUT2D eigenvalue weighted by Crippen LogP contribution is -2.65. The Kier molecular flexibility index (Phi) is 8.72. The van der Waals surface area contributed by atoms with E-state index in [0.717, 1.165) is 25.3 Å². The number of halogens is 2. The fourth-order valence-corrected chi connectivity index (χ4v) is 6.54. The number of carbonyl (C=O) groups excluding carboxylic acids is 1. The maximum Gasteiger partial charge on any atom is 0.239 e. The van der Waals surface area contributed by atoms with Crippen LogP contribution in [0.2, 0.25) is 0 Å². The molecule has 4 heterocycles. The normalized spacial score (nSPS) is 34.1. The summed E-state index contributed by atoms with van der Waals surface area (Å²) in [5.41, 5.74) is 1.33. The van der Waals surface area contributed by atoms with Gasteiger partial charge in [-0.3, -0.25) is 9.69 Å². The van der Waals surface area contributed by atoms with E-state index in [1.54, 1.807) is 7.11 Å². The number of nitrogens with one attached hydrogen (secondary N) is 1. The van der Waals surface area contributed by atoms with E-state index in [1.807, 2.05) is 6.07 Å². The van der Waals surface area contributed by atoms with Gasteiger partial charge in [0.05, 0.1) is 19.3 Å². The first-order valence-corrected chi connectivity index (χ1v) is 11.7. The van der Waals surface area contributed by atoms with Gasteiger partial charge < -0.3 is 20.1 Å². The van der Waals surface area contributed by atoms with E-state index < -0.39 is 6.10 Å². The monoisotopic (exact) mass is 485 g/mol. The summed E-state index contributed by atoms with van der Waals surface area (Å²) in [6.07, 6.45) is 6.27. The number of piperidine rings is 3. The SMILES string of the molecule is COc1cccc(C[C@H]2[C@H]3C[C@H](CN(C(=O)[C@H]4C[C@@H](O)CN4)C3)[C@@H]3CCCCN32)c1.Cl.Cl. The van der Waals surface area contributed by atoms with E-state index in [0.29, 0.717) is 36.9 Å². The third-order valence-corrected chi connectivity index (χ3v) is 7.92. The van der Waals surface area contributed by atoms with Crippen molar-refractivity contribution in [3.8, 4) is 5.75 Å². The number of rotatable bonds is 4. The maximum atomic E-state index is 13.2. The van der Waals surface area contributed by atoms with Gasteiger partial charge in [-0.25, -0.2) is 0 Å². The Bertz CT molecular complexity index is 783. The molecule has 0 radical (unpaired) electrons. The Morgan fingerprint density at radius 2 is 2.00 bits per heavy atom. The number of carbonyl (C=O) groups is 1. The van der Waals surface area contributed by atoms with Crippen LogP contribution in [0.3, 0.4) is 0 Å². The van der Waals surface area contributed by atoms with Crippen molar-refractivity contribution in [3.05, 3.63) is 29.8 Å². The predicted molar refractivity (Wildman–Crippen MR) is 130 cm³/mol. The minimum absolute atomic E-state index is 0. The number of hydrogen-bond donors (Lipinski definition) is 2. The minimum Gasteiger partial charge on any atom is -0.497 e. The van der Waals surface area contributed by atoms with Crippen LogP contribution >= 0.6 is 24.8 Å². The first-order valence-electron chi connectivity index (χ1n) is 11.7. The number of aliphatic hydroxyl groups is 1. The average Bonchev–Trinajstić information content (AvgIpc) is 3.22. The molecule has 1 aromatic carbocycles. The third kappa shape index (κ3) is 5.05. The molecular weight excluding hydrogens is 449 g/mol. The van der Waals surface area contributed by atoms with Gasteiger partial charge in [-0.05, 0) is 68.2 Å². The second-order valence-corrected chi connectivity index (χ2v) is 9.77. The highest BCUT2D eigenvalue weighted by atomic mass is 35.5. The van der Waals surface area contributed by atoms with Crippen LogP contribution < -0.4 is 10.1 Å². The number of methoxy groups -OCH3 is 1. The molecule has 4 fully saturated rings. The first-order chi connectivity index (χ1) is 14.6. The summed E-state index contributed by atoms with van der Waals surface area (Å²) in [5.74, 6) is 2.22. The first kappa shape index (κ1) is 25.6. The van der Waals surface area contributed by atoms with E-state index in [-0.39, 0.29) is 36.8 Å². The summed E-state index contributed by atoms with van der Waals surface area (Å²) in [6.45, 7) is 3.46. The van der Waals surface area contributed by atoms with Gasteiger partial charge in [0, 0.05) is 31.7 Å². The molecule has 6 atom stereocenters. The summed E-state index contributed by atoms with van der Waals surface area (Å²) in [5, 5.41) is 13.1. The highest BCUT2D eigenvalue weighted by Gasteiger charge is 2.48. The summed E-state index contributed by atoms with van der Waals surface area (Å²) < 4.78 is 5.45. The van der Waals surface area contributed by atoms with Gasteiger partial charge in [0.15, 0.2) is 0 Å². The molecule has 2 bridgehead atoms. The van der Waals surface area contributed by atoms with E-state index in [2.05, 4.69) is 33.3 Å². The van der Waals surface area contributed by atoms with E-state index in [9.17, 15) is 9.90 Å². The number of ether oxygens (including phenoxy) is 1. The number of nitrogens with zero attached hydrogens (tertiary/aromatic N) is 2. The fraction of sp³-hybridized carbons (Fsp3) is 0.708. The van der Waals surface area contributed by atoms with Crippen molar-refractivity contribution in [1.29, 1.82) is 0 Å². The van der Waals surface area contributed by atoms with Crippen molar-refractivity contribution >= 4 is 30.7 Å². The Morgan fingerprint density at radius 3 is 2.75 bits per heavy atom. The van der Waals surface area contributed by atoms with Gasteiger partial charge in [0.2, 0.25) is 5.91 Å². The van der Waals surface area contributed by atoms with Crippen LogP contribution in [0.25, 0.3) is 0 Å². The smallest absolute Gasteiger partial charge is 0.239 e. The molecule has 2 N–H and O–H groups in total. The van der Waals surface area contributed by atoms with Crippen molar-refractivity contribution in [2.75, 3.05) is 33.3 Å². The number of likely N-dealkylation sites (tertiary alicyclic amines) is 1. The van der Waals surface area contributed by atoms with Crippen LogP contribution in [-0.4, -0.2) is 78.3 Å². The molecule has 32 heavy (non-hydrogen) atoms.